The Morgan fingerprint density at radius 3 is 2.38 bits per heavy atom. The lowest BCUT2D eigenvalue weighted by molar-refractivity contribution is 1.34. The van der Waals surface area contributed by atoms with Crippen LogP contribution in [0.4, 0.5) is 0 Å². The average Bonchev–Trinajstić information content (AvgIpc) is 2.38. The van der Waals surface area contributed by atoms with E-state index in [0.717, 1.165) is 16.2 Å². The molecule has 2 aromatic carbocycles. The van der Waals surface area contributed by atoms with Crippen molar-refractivity contribution in [3.8, 4) is 6.07 Å². The molecule has 0 saturated carbocycles. The summed E-state index contributed by atoms with van der Waals surface area (Å²) in [5, 5.41) is 8.95. The monoisotopic (exact) mass is 225 g/mol. The van der Waals surface area contributed by atoms with Gasteiger partial charge in [0.2, 0.25) is 0 Å². The second kappa shape index (κ2) is 5.39. The lowest BCUT2D eigenvalue weighted by Gasteiger charge is -2.03. The summed E-state index contributed by atoms with van der Waals surface area (Å²) in [6, 6.07) is 20.2. The standard InChI is InChI=1S/C14H11NS/c15-10-13-8-4-5-9-14(13)16-11-12-6-2-1-3-7-12/h1-9H,11H2. The summed E-state index contributed by atoms with van der Waals surface area (Å²) >= 11 is 1.70. The number of rotatable bonds is 3. The molecule has 0 fully saturated rings. The van der Waals surface area contributed by atoms with Crippen LogP contribution in [0.1, 0.15) is 11.1 Å². The molecule has 0 amide bonds. The number of hydrogen-bond donors (Lipinski definition) is 0. The molecule has 78 valence electrons. The summed E-state index contributed by atoms with van der Waals surface area (Å²) < 4.78 is 0. The molecule has 0 saturated heterocycles. The first kappa shape index (κ1) is 10.8. The summed E-state index contributed by atoms with van der Waals surface area (Å²) in [5.74, 6) is 0.902. The van der Waals surface area contributed by atoms with Crippen LogP contribution in [0.2, 0.25) is 0 Å². The molecule has 0 aliphatic carbocycles. The van der Waals surface area contributed by atoms with Gasteiger partial charge in [0, 0.05) is 10.6 Å². The third-order valence-electron chi connectivity index (χ3n) is 2.24. The molecule has 0 bridgehead atoms. The molecule has 0 heterocycles. The van der Waals surface area contributed by atoms with Crippen molar-refractivity contribution in [2.45, 2.75) is 10.6 Å². The van der Waals surface area contributed by atoms with Gasteiger partial charge in [-0.2, -0.15) is 5.26 Å². The van der Waals surface area contributed by atoms with Gasteiger partial charge in [-0.25, -0.2) is 0 Å². The predicted octanol–water partition coefficient (Wildman–Crippen LogP) is 3.85. The van der Waals surface area contributed by atoms with Crippen LogP contribution >= 0.6 is 11.8 Å². The quantitative estimate of drug-likeness (QED) is 0.741. The third-order valence-corrected chi connectivity index (χ3v) is 3.39. The highest BCUT2D eigenvalue weighted by Crippen LogP contribution is 2.25. The molecule has 0 spiro atoms. The molecule has 16 heavy (non-hydrogen) atoms. The number of nitriles is 1. The van der Waals surface area contributed by atoms with Crippen LogP contribution < -0.4 is 0 Å². The Bertz CT molecular complexity index is 500. The van der Waals surface area contributed by atoms with E-state index in [9.17, 15) is 0 Å². The maximum Gasteiger partial charge on any atom is 0.100 e. The van der Waals surface area contributed by atoms with Crippen LogP contribution in [0.5, 0.6) is 0 Å². The van der Waals surface area contributed by atoms with E-state index in [1.807, 2.05) is 42.5 Å². The molecule has 0 radical (unpaired) electrons. The molecule has 2 aromatic rings. The molecule has 1 nitrogen and oxygen atoms in total. The van der Waals surface area contributed by atoms with Crippen molar-refractivity contribution in [1.29, 1.82) is 5.26 Å². The van der Waals surface area contributed by atoms with Crippen LogP contribution in [-0.2, 0) is 5.75 Å². The lowest BCUT2D eigenvalue weighted by atomic mass is 10.2. The van der Waals surface area contributed by atoms with E-state index < -0.39 is 0 Å². The van der Waals surface area contributed by atoms with Crippen molar-refractivity contribution in [3.05, 3.63) is 65.7 Å². The zero-order valence-corrected chi connectivity index (χ0v) is 9.58. The summed E-state index contributed by atoms with van der Waals surface area (Å²) in [5.41, 5.74) is 2.03. The number of thioether (sulfide) groups is 1. The largest absolute Gasteiger partial charge is 0.192 e. The fourth-order valence-corrected chi connectivity index (χ4v) is 2.38. The van der Waals surface area contributed by atoms with Crippen LogP contribution in [0.25, 0.3) is 0 Å². The first-order valence-electron chi connectivity index (χ1n) is 5.06. The molecule has 0 aromatic heterocycles. The van der Waals surface area contributed by atoms with E-state index in [2.05, 4.69) is 18.2 Å². The van der Waals surface area contributed by atoms with Gasteiger partial charge in [0.25, 0.3) is 0 Å². The summed E-state index contributed by atoms with van der Waals surface area (Å²) in [6.07, 6.45) is 0. The summed E-state index contributed by atoms with van der Waals surface area (Å²) in [6.45, 7) is 0. The first-order valence-corrected chi connectivity index (χ1v) is 6.04. The third kappa shape index (κ3) is 2.65. The van der Waals surface area contributed by atoms with Crippen LogP contribution in [0.3, 0.4) is 0 Å². The SMILES string of the molecule is N#Cc1ccccc1SCc1ccccc1. The van der Waals surface area contributed by atoms with E-state index in [4.69, 9.17) is 5.26 Å². The first-order chi connectivity index (χ1) is 7.90. The molecule has 0 aliphatic rings. The zero-order valence-electron chi connectivity index (χ0n) is 8.76. The zero-order chi connectivity index (χ0) is 11.2. The van der Waals surface area contributed by atoms with Crippen molar-refractivity contribution in [3.63, 3.8) is 0 Å². The predicted molar refractivity (Wildman–Crippen MR) is 67.2 cm³/mol. The minimum atomic E-state index is 0.753. The Hall–Kier alpha value is -1.72. The van der Waals surface area contributed by atoms with Gasteiger partial charge in [-0.3, -0.25) is 0 Å². The fourth-order valence-electron chi connectivity index (χ4n) is 1.42. The molecule has 0 N–H and O–H groups in total. The molecule has 2 heteroatoms. The average molecular weight is 225 g/mol. The van der Waals surface area contributed by atoms with Crippen molar-refractivity contribution in [2.24, 2.45) is 0 Å². The second-order valence-corrected chi connectivity index (χ2v) is 4.40. The summed E-state index contributed by atoms with van der Waals surface area (Å²) in [7, 11) is 0. The van der Waals surface area contributed by atoms with Gasteiger partial charge in [-0.1, -0.05) is 42.5 Å². The van der Waals surface area contributed by atoms with Gasteiger partial charge >= 0.3 is 0 Å². The number of hydrogen-bond acceptors (Lipinski definition) is 2. The Balaban J connectivity index is 2.09. The van der Waals surface area contributed by atoms with E-state index in [1.165, 1.54) is 5.56 Å². The van der Waals surface area contributed by atoms with Crippen molar-refractivity contribution in [2.75, 3.05) is 0 Å². The highest BCUT2D eigenvalue weighted by atomic mass is 32.2. The number of nitrogens with zero attached hydrogens (tertiary/aromatic N) is 1. The molecule has 2 rings (SSSR count). The van der Waals surface area contributed by atoms with E-state index in [1.54, 1.807) is 11.8 Å². The Morgan fingerprint density at radius 2 is 1.62 bits per heavy atom. The fraction of sp³-hybridized carbons (Fsp3) is 0.0714. The number of benzene rings is 2. The van der Waals surface area contributed by atoms with Gasteiger partial charge < -0.3 is 0 Å². The van der Waals surface area contributed by atoms with Crippen LogP contribution in [0.15, 0.2) is 59.5 Å². The molecule has 0 atom stereocenters. The van der Waals surface area contributed by atoms with Gasteiger partial charge in [0.05, 0.1) is 5.56 Å². The Labute approximate surface area is 99.7 Å². The smallest absolute Gasteiger partial charge is 0.100 e. The Morgan fingerprint density at radius 1 is 0.938 bits per heavy atom. The minimum absolute atomic E-state index is 0.753. The second-order valence-electron chi connectivity index (χ2n) is 3.38. The van der Waals surface area contributed by atoms with Crippen LogP contribution in [-0.4, -0.2) is 0 Å². The van der Waals surface area contributed by atoms with Gasteiger partial charge in [0.1, 0.15) is 6.07 Å². The lowest BCUT2D eigenvalue weighted by Crippen LogP contribution is -1.82. The maximum atomic E-state index is 8.95. The van der Waals surface area contributed by atoms with E-state index in [0.29, 0.717) is 0 Å². The topological polar surface area (TPSA) is 23.8 Å². The van der Waals surface area contributed by atoms with Crippen molar-refractivity contribution >= 4 is 11.8 Å². The maximum absolute atomic E-state index is 8.95. The normalized spacial score (nSPS) is 9.69. The molecule has 0 unspecified atom stereocenters. The van der Waals surface area contributed by atoms with E-state index >= 15 is 0 Å². The minimum Gasteiger partial charge on any atom is -0.192 e. The van der Waals surface area contributed by atoms with Crippen molar-refractivity contribution in [1.82, 2.24) is 0 Å². The molecular weight excluding hydrogens is 214 g/mol. The van der Waals surface area contributed by atoms with Gasteiger partial charge in [0.15, 0.2) is 0 Å². The van der Waals surface area contributed by atoms with Crippen molar-refractivity contribution < 1.29 is 0 Å². The van der Waals surface area contributed by atoms with E-state index in [-0.39, 0.29) is 0 Å². The highest BCUT2D eigenvalue weighted by molar-refractivity contribution is 7.98. The Kier molecular flexibility index (Phi) is 3.63. The van der Waals surface area contributed by atoms with Gasteiger partial charge in [-0.05, 0) is 17.7 Å². The van der Waals surface area contributed by atoms with Crippen LogP contribution in [0, 0.1) is 11.3 Å². The molecular formula is C14H11NS. The van der Waals surface area contributed by atoms with Gasteiger partial charge in [-0.15, -0.1) is 11.8 Å². The highest BCUT2D eigenvalue weighted by Gasteiger charge is 2.01. The summed E-state index contributed by atoms with van der Waals surface area (Å²) in [4.78, 5) is 1.05. The molecule has 0 aliphatic heterocycles.